The maximum Gasteiger partial charge on any atom is 0.274 e. The van der Waals surface area contributed by atoms with Crippen molar-refractivity contribution < 1.29 is 24.2 Å². The molecule has 8 nitrogen and oxygen atoms in total. The molecule has 1 aromatic carbocycles. The Morgan fingerprint density at radius 1 is 1.23 bits per heavy atom. The lowest BCUT2D eigenvalue weighted by Gasteiger charge is -2.34. The number of carbonyl (C=O) groups is 2. The normalized spacial score (nSPS) is 14.2. The van der Waals surface area contributed by atoms with Crippen molar-refractivity contribution in [2.45, 2.75) is 32.6 Å². The van der Waals surface area contributed by atoms with E-state index in [1.165, 1.54) is 20.8 Å². The lowest BCUT2D eigenvalue weighted by molar-refractivity contribution is -0.126. The Hall–Kier alpha value is -2.88. The zero-order valence-electron chi connectivity index (χ0n) is 20.2. The second-order valence-electron chi connectivity index (χ2n) is 8.06. The molecule has 0 spiro atoms. The van der Waals surface area contributed by atoms with Gasteiger partial charge >= 0.3 is 0 Å². The van der Waals surface area contributed by atoms with E-state index in [-0.39, 0.29) is 43.4 Å². The Bertz CT molecular complexity index is 967. The second-order valence-corrected chi connectivity index (χ2v) is 8.54. The molecule has 0 fully saturated rings. The summed E-state index contributed by atoms with van der Waals surface area (Å²) in [7, 11) is 1.57. The number of allylic oxidation sites excluding steroid dienone is 3. The van der Waals surface area contributed by atoms with Crippen LogP contribution in [0.25, 0.3) is 0 Å². The van der Waals surface area contributed by atoms with Crippen molar-refractivity contribution in [3.63, 3.8) is 0 Å². The number of anilines is 1. The molecule has 0 saturated heterocycles. The highest BCUT2D eigenvalue weighted by molar-refractivity contribution is 6.29. The van der Waals surface area contributed by atoms with Crippen molar-refractivity contribution in [2.24, 2.45) is 0 Å². The average Bonchev–Trinajstić information content (AvgIpc) is 3.06. The van der Waals surface area contributed by atoms with Gasteiger partial charge < -0.3 is 25.3 Å². The van der Waals surface area contributed by atoms with Gasteiger partial charge in [-0.3, -0.25) is 14.5 Å². The number of nitrogens with zero attached hydrogens (tertiary/aromatic N) is 3. The summed E-state index contributed by atoms with van der Waals surface area (Å²) in [5.74, 6) is -0.992. The van der Waals surface area contributed by atoms with Gasteiger partial charge in [0.1, 0.15) is 24.1 Å². The molecule has 0 aliphatic heterocycles. The van der Waals surface area contributed by atoms with Gasteiger partial charge in [0, 0.05) is 38.3 Å². The summed E-state index contributed by atoms with van der Waals surface area (Å²) >= 11 is 6.21. The topological polar surface area (TPSA) is 96.4 Å². The summed E-state index contributed by atoms with van der Waals surface area (Å²) in [5.41, 5.74) is 1.06. The number of benzene rings is 1. The summed E-state index contributed by atoms with van der Waals surface area (Å²) in [4.78, 5) is 29.9. The van der Waals surface area contributed by atoms with Crippen molar-refractivity contribution >= 4 is 29.6 Å². The molecule has 192 valence electrons. The van der Waals surface area contributed by atoms with Crippen LogP contribution < -0.4 is 10.2 Å². The predicted octanol–water partition coefficient (Wildman–Crippen LogP) is 2.89. The lowest BCUT2D eigenvalue weighted by atomic mass is 10.1. The number of rotatable bonds is 13. The third kappa shape index (κ3) is 7.81. The number of hydrogen-bond acceptors (Lipinski definition) is 6. The van der Waals surface area contributed by atoms with Gasteiger partial charge in [0.25, 0.3) is 5.91 Å². The Labute approximate surface area is 211 Å². The molecule has 0 atom stereocenters. The second kappa shape index (κ2) is 14.5. The molecule has 3 N–H and O–H groups in total. The number of halogens is 2. The minimum absolute atomic E-state index is 0.00115. The van der Waals surface area contributed by atoms with Crippen LogP contribution in [0.1, 0.15) is 32.6 Å². The van der Waals surface area contributed by atoms with E-state index in [1.807, 2.05) is 6.08 Å². The highest BCUT2D eigenvalue weighted by Crippen LogP contribution is 2.29. The first-order chi connectivity index (χ1) is 16.9. The van der Waals surface area contributed by atoms with Crippen LogP contribution >= 0.6 is 11.6 Å². The fourth-order valence-electron chi connectivity index (χ4n) is 3.77. The van der Waals surface area contributed by atoms with Crippen molar-refractivity contribution in [3.8, 4) is 0 Å². The highest BCUT2D eigenvalue weighted by atomic mass is 35.5. The molecular formula is C25H34ClFN4O4. The van der Waals surface area contributed by atoms with Crippen molar-refractivity contribution in [1.29, 1.82) is 0 Å². The van der Waals surface area contributed by atoms with Crippen molar-refractivity contribution in [1.82, 2.24) is 15.1 Å². The van der Waals surface area contributed by atoms with Gasteiger partial charge in [-0.2, -0.15) is 0 Å². The van der Waals surface area contributed by atoms with Gasteiger partial charge in [-0.05, 0) is 50.8 Å². The number of nitrogens with one attached hydrogen (secondary N) is 1. The van der Waals surface area contributed by atoms with Gasteiger partial charge in [0.05, 0.1) is 5.69 Å². The van der Waals surface area contributed by atoms with E-state index >= 15 is 4.39 Å². The van der Waals surface area contributed by atoms with Gasteiger partial charge in [-0.15, -0.1) is 0 Å². The predicted molar refractivity (Wildman–Crippen MR) is 135 cm³/mol. The van der Waals surface area contributed by atoms with Gasteiger partial charge in [-0.25, -0.2) is 4.39 Å². The number of likely N-dealkylation sites (N-methyl/N-ethyl adjacent to an activating group) is 1. The van der Waals surface area contributed by atoms with Crippen LogP contribution in [-0.4, -0.2) is 72.3 Å². The molecule has 35 heavy (non-hydrogen) atoms. The number of aliphatic hydroxyl groups excluding tert-OH is 2. The van der Waals surface area contributed by atoms with Crippen LogP contribution in [0.2, 0.25) is 0 Å². The van der Waals surface area contributed by atoms with E-state index in [2.05, 4.69) is 5.32 Å². The minimum Gasteiger partial charge on any atom is -0.396 e. The molecule has 2 rings (SSSR count). The molecule has 0 radical (unpaired) electrons. The molecule has 0 aromatic heterocycles. The van der Waals surface area contributed by atoms with Crippen LogP contribution in [0.3, 0.4) is 0 Å². The lowest BCUT2D eigenvalue weighted by Crippen LogP contribution is -2.44. The molecule has 1 aliphatic rings. The largest absolute Gasteiger partial charge is 0.396 e. The third-order valence-electron chi connectivity index (χ3n) is 5.61. The zero-order valence-corrected chi connectivity index (χ0v) is 21.0. The Morgan fingerprint density at radius 3 is 2.60 bits per heavy atom. The molecule has 0 bridgehead atoms. The summed E-state index contributed by atoms with van der Waals surface area (Å²) < 4.78 is 15.2. The quantitative estimate of drug-likeness (QED) is 0.215. The number of para-hydroxylation sites is 1. The van der Waals surface area contributed by atoms with Gasteiger partial charge in [-0.1, -0.05) is 35.4 Å². The molecule has 0 saturated carbocycles. The molecule has 1 aromatic rings. The monoisotopic (exact) mass is 508 g/mol. The number of aliphatic hydroxyl groups is 2. The number of amides is 2. The van der Waals surface area contributed by atoms with E-state index in [0.717, 1.165) is 18.4 Å². The number of hydrogen-bond donors (Lipinski definition) is 3. The smallest absolute Gasteiger partial charge is 0.274 e. The SMILES string of the molecule is CCN(C=O)/C(NCO)=C(\C(=O)N(C)CCCO)N(CC1=CC=C(Cl)CCC1)c1ccccc1F. The molecular weight excluding hydrogens is 475 g/mol. The van der Waals surface area contributed by atoms with Crippen molar-refractivity contribution in [2.75, 3.05) is 44.9 Å². The van der Waals surface area contributed by atoms with E-state index < -0.39 is 18.5 Å². The van der Waals surface area contributed by atoms with Crippen LogP contribution in [0, 0.1) is 5.82 Å². The van der Waals surface area contributed by atoms with Gasteiger partial charge in [0.15, 0.2) is 0 Å². The fraction of sp³-hybridized carbons (Fsp3) is 0.440. The molecule has 0 heterocycles. The van der Waals surface area contributed by atoms with Crippen LogP contribution in [-0.2, 0) is 9.59 Å². The maximum absolute atomic E-state index is 15.2. The summed E-state index contributed by atoms with van der Waals surface area (Å²) in [6.07, 6.45) is 6.78. The van der Waals surface area contributed by atoms with E-state index in [1.54, 1.807) is 38.2 Å². The Balaban J connectivity index is 2.76. The Morgan fingerprint density at radius 2 is 1.97 bits per heavy atom. The first-order valence-corrected chi connectivity index (χ1v) is 12.0. The average molecular weight is 509 g/mol. The zero-order chi connectivity index (χ0) is 25.8. The minimum atomic E-state index is -0.553. The summed E-state index contributed by atoms with van der Waals surface area (Å²) in [5, 5.41) is 22.4. The first-order valence-electron chi connectivity index (χ1n) is 11.6. The van der Waals surface area contributed by atoms with Gasteiger partial charge in [0.2, 0.25) is 6.41 Å². The van der Waals surface area contributed by atoms with Crippen LogP contribution in [0.5, 0.6) is 0 Å². The highest BCUT2D eigenvalue weighted by Gasteiger charge is 2.30. The molecule has 10 heteroatoms. The number of carbonyl (C=O) groups excluding carboxylic acids is 2. The first kappa shape index (κ1) is 28.4. The third-order valence-corrected chi connectivity index (χ3v) is 5.93. The standard InChI is InChI=1S/C25H34ClFN4O4/c1-3-30(18-34)24(28-17-33)23(25(35)29(2)14-7-15-32)31(22-11-5-4-10-21(22)27)16-19-8-6-9-20(26)13-12-19/h4-5,10-13,18,28,32-33H,3,6-9,14-17H2,1-2H3/b24-23+. The Kier molecular flexibility index (Phi) is 11.8. The molecule has 2 amide bonds. The summed E-state index contributed by atoms with van der Waals surface area (Å²) in [6.45, 7) is 1.66. The molecule has 0 unspecified atom stereocenters. The van der Waals surface area contributed by atoms with Crippen LogP contribution in [0.4, 0.5) is 10.1 Å². The van der Waals surface area contributed by atoms with E-state index in [4.69, 9.17) is 11.6 Å². The molecule has 1 aliphatic carbocycles. The fourth-order valence-corrected chi connectivity index (χ4v) is 3.96. The van der Waals surface area contributed by atoms with Crippen molar-refractivity contribution in [3.05, 3.63) is 64.4 Å². The van der Waals surface area contributed by atoms with E-state index in [9.17, 15) is 19.8 Å². The van der Waals surface area contributed by atoms with E-state index in [0.29, 0.717) is 24.3 Å². The summed E-state index contributed by atoms with van der Waals surface area (Å²) in [6, 6.07) is 6.08. The maximum atomic E-state index is 15.2. The van der Waals surface area contributed by atoms with Crippen LogP contribution in [0.15, 0.2) is 58.5 Å².